The Kier molecular flexibility index (Phi) is 5.17. The molecule has 0 bridgehead atoms. The van der Waals surface area contributed by atoms with Crippen LogP contribution in [-0.2, 0) is 0 Å². The van der Waals surface area contributed by atoms with E-state index < -0.39 is 0 Å². The first-order valence-electron chi connectivity index (χ1n) is 6.12. The fraction of sp³-hybridized carbons (Fsp3) is 0.571. The Balaban J connectivity index is 2.87. The lowest BCUT2D eigenvalue weighted by Gasteiger charge is -2.24. The Morgan fingerprint density at radius 3 is 2.19 bits per heavy atom. The Morgan fingerprint density at radius 1 is 1.12 bits per heavy atom. The number of benzene rings is 1. The molecule has 0 spiro atoms. The third-order valence-electron chi connectivity index (χ3n) is 2.73. The monoisotopic (exact) mass is 221 g/mol. The van der Waals surface area contributed by atoms with Gasteiger partial charge in [0.25, 0.3) is 0 Å². The van der Waals surface area contributed by atoms with Crippen molar-refractivity contribution in [2.75, 3.05) is 25.1 Å². The van der Waals surface area contributed by atoms with E-state index in [1.807, 2.05) is 0 Å². The highest BCUT2D eigenvalue weighted by Gasteiger charge is 2.06. The number of hydrogen-bond acceptors (Lipinski definition) is 2. The lowest BCUT2D eigenvalue weighted by molar-refractivity contribution is 0.411. The summed E-state index contributed by atoms with van der Waals surface area (Å²) in [5.74, 6) is 0.969. The van der Waals surface area contributed by atoms with Gasteiger partial charge in [-0.05, 0) is 43.5 Å². The van der Waals surface area contributed by atoms with Gasteiger partial charge in [0.2, 0.25) is 0 Å². The molecule has 0 unspecified atom stereocenters. The second-order valence-corrected chi connectivity index (χ2v) is 4.14. The summed E-state index contributed by atoms with van der Waals surface area (Å²) in [4.78, 5) is 2.44. The average molecular weight is 221 g/mol. The van der Waals surface area contributed by atoms with E-state index in [1.54, 1.807) is 7.11 Å². The zero-order valence-electron chi connectivity index (χ0n) is 10.9. The van der Waals surface area contributed by atoms with Crippen LogP contribution in [0.5, 0.6) is 5.75 Å². The molecule has 0 saturated heterocycles. The van der Waals surface area contributed by atoms with Crippen molar-refractivity contribution >= 4 is 5.69 Å². The van der Waals surface area contributed by atoms with Gasteiger partial charge in [-0.2, -0.15) is 0 Å². The first-order valence-corrected chi connectivity index (χ1v) is 6.12. The summed E-state index contributed by atoms with van der Waals surface area (Å²) in [6.45, 7) is 8.79. The fourth-order valence-corrected chi connectivity index (χ4v) is 1.97. The molecule has 1 rings (SSSR count). The fourth-order valence-electron chi connectivity index (χ4n) is 1.97. The van der Waals surface area contributed by atoms with Gasteiger partial charge in [0.05, 0.1) is 7.11 Å². The van der Waals surface area contributed by atoms with Gasteiger partial charge in [-0.1, -0.05) is 13.8 Å². The predicted octanol–water partition coefficient (Wildman–Crippen LogP) is 3.63. The van der Waals surface area contributed by atoms with Crippen molar-refractivity contribution < 1.29 is 4.74 Å². The molecular weight excluding hydrogens is 198 g/mol. The molecule has 2 nitrogen and oxygen atoms in total. The van der Waals surface area contributed by atoms with Crippen LogP contribution in [0.2, 0.25) is 0 Å². The van der Waals surface area contributed by atoms with Gasteiger partial charge in [-0.15, -0.1) is 0 Å². The number of rotatable bonds is 6. The first kappa shape index (κ1) is 12.9. The molecule has 0 aliphatic rings. The van der Waals surface area contributed by atoms with Crippen molar-refractivity contribution in [3.05, 3.63) is 23.8 Å². The highest BCUT2D eigenvalue weighted by Crippen LogP contribution is 2.24. The summed E-state index contributed by atoms with van der Waals surface area (Å²) >= 11 is 0. The molecule has 0 heterocycles. The van der Waals surface area contributed by atoms with Crippen molar-refractivity contribution in [2.45, 2.75) is 33.6 Å². The highest BCUT2D eigenvalue weighted by molar-refractivity contribution is 5.52. The predicted molar refractivity (Wildman–Crippen MR) is 70.5 cm³/mol. The molecule has 0 aliphatic heterocycles. The normalized spacial score (nSPS) is 10.2. The van der Waals surface area contributed by atoms with E-state index in [1.165, 1.54) is 24.1 Å². The average Bonchev–Trinajstić information content (AvgIpc) is 2.28. The molecule has 0 saturated carbocycles. The molecule has 90 valence electrons. The minimum Gasteiger partial charge on any atom is -0.496 e. The van der Waals surface area contributed by atoms with Crippen molar-refractivity contribution in [1.82, 2.24) is 0 Å². The van der Waals surface area contributed by atoms with Crippen LogP contribution in [0.3, 0.4) is 0 Å². The molecule has 0 N–H and O–H groups in total. The van der Waals surface area contributed by atoms with E-state index in [-0.39, 0.29) is 0 Å². The van der Waals surface area contributed by atoms with E-state index in [0.717, 1.165) is 18.8 Å². The van der Waals surface area contributed by atoms with Crippen molar-refractivity contribution in [2.24, 2.45) is 0 Å². The summed E-state index contributed by atoms with van der Waals surface area (Å²) < 4.78 is 5.28. The SMILES string of the molecule is CCCN(CCC)c1ccc(OC)c(C)c1. The molecule has 0 aliphatic carbocycles. The topological polar surface area (TPSA) is 12.5 Å². The Bertz CT molecular complexity index is 317. The van der Waals surface area contributed by atoms with Gasteiger partial charge < -0.3 is 9.64 Å². The number of ether oxygens (including phenoxy) is 1. The third kappa shape index (κ3) is 3.16. The number of hydrogen-bond donors (Lipinski definition) is 0. The zero-order chi connectivity index (χ0) is 12.0. The second kappa shape index (κ2) is 6.41. The molecular formula is C14H23NO. The van der Waals surface area contributed by atoms with Crippen LogP contribution in [0.1, 0.15) is 32.3 Å². The number of anilines is 1. The van der Waals surface area contributed by atoms with Crippen LogP contribution in [-0.4, -0.2) is 20.2 Å². The van der Waals surface area contributed by atoms with Gasteiger partial charge in [-0.3, -0.25) is 0 Å². The largest absolute Gasteiger partial charge is 0.496 e. The minimum atomic E-state index is 0.969. The lowest BCUT2D eigenvalue weighted by atomic mass is 10.1. The maximum atomic E-state index is 5.28. The van der Waals surface area contributed by atoms with Crippen LogP contribution < -0.4 is 9.64 Å². The third-order valence-corrected chi connectivity index (χ3v) is 2.73. The summed E-state index contributed by atoms with van der Waals surface area (Å²) in [5.41, 5.74) is 2.51. The molecule has 0 atom stereocenters. The van der Waals surface area contributed by atoms with Crippen molar-refractivity contribution in [1.29, 1.82) is 0 Å². The smallest absolute Gasteiger partial charge is 0.121 e. The minimum absolute atomic E-state index is 0.969. The molecule has 1 aromatic rings. The van der Waals surface area contributed by atoms with E-state index in [9.17, 15) is 0 Å². The molecule has 1 aromatic carbocycles. The standard InChI is InChI=1S/C14H23NO/c1-5-9-15(10-6-2)13-7-8-14(16-4)12(3)11-13/h7-8,11H,5-6,9-10H2,1-4H3. The molecule has 16 heavy (non-hydrogen) atoms. The molecule has 0 radical (unpaired) electrons. The number of methoxy groups -OCH3 is 1. The van der Waals surface area contributed by atoms with Crippen LogP contribution >= 0.6 is 0 Å². The van der Waals surface area contributed by atoms with E-state index >= 15 is 0 Å². The summed E-state index contributed by atoms with van der Waals surface area (Å²) in [5, 5.41) is 0. The van der Waals surface area contributed by atoms with Gasteiger partial charge in [0.15, 0.2) is 0 Å². The summed E-state index contributed by atoms with van der Waals surface area (Å²) in [7, 11) is 1.72. The van der Waals surface area contributed by atoms with Gasteiger partial charge >= 0.3 is 0 Å². The van der Waals surface area contributed by atoms with Crippen LogP contribution in [0, 0.1) is 6.92 Å². The maximum absolute atomic E-state index is 5.28. The van der Waals surface area contributed by atoms with Crippen LogP contribution in [0.15, 0.2) is 18.2 Å². The zero-order valence-corrected chi connectivity index (χ0v) is 10.9. The van der Waals surface area contributed by atoms with Crippen LogP contribution in [0.4, 0.5) is 5.69 Å². The van der Waals surface area contributed by atoms with E-state index in [4.69, 9.17) is 4.74 Å². The first-order chi connectivity index (χ1) is 7.72. The van der Waals surface area contributed by atoms with Crippen molar-refractivity contribution in [3.8, 4) is 5.75 Å². The molecule has 0 fully saturated rings. The Labute approximate surface area is 99.2 Å². The van der Waals surface area contributed by atoms with Gasteiger partial charge in [-0.25, -0.2) is 0 Å². The number of nitrogens with zero attached hydrogens (tertiary/aromatic N) is 1. The quantitative estimate of drug-likeness (QED) is 0.727. The van der Waals surface area contributed by atoms with Gasteiger partial charge in [0, 0.05) is 18.8 Å². The summed E-state index contributed by atoms with van der Waals surface area (Å²) in [6.07, 6.45) is 2.37. The van der Waals surface area contributed by atoms with Gasteiger partial charge in [0.1, 0.15) is 5.75 Å². The van der Waals surface area contributed by atoms with Crippen LogP contribution in [0.25, 0.3) is 0 Å². The molecule has 0 aromatic heterocycles. The summed E-state index contributed by atoms with van der Waals surface area (Å²) in [6, 6.07) is 6.42. The Morgan fingerprint density at radius 2 is 1.75 bits per heavy atom. The van der Waals surface area contributed by atoms with E-state index in [0.29, 0.717) is 0 Å². The molecule has 2 heteroatoms. The second-order valence-electron chi connectivity index (χ2n) is 4.14. The Hall–Kier alpha value is -1.18. The number of aryl methyl sites for hydroxylation is 1. The highest BCUT2D eigenvalue weighted by atomic mass is 16.5. The maximum Gasteiger partial charge on any atom is 0.121 e. The van der Waals surface area contributed by atoms with Crippen molar-refractivity contribution in [3.63, 3.8) is 0 Å². The molecule has 0 amide bonds. The lowest BCUT2D eigenvalue weighted by Crippen LogP contribution is -2.24. The van der Waals surface area contributed by atoms with E-state index in [2.05, 4.69) is 43.9 Å².